The molecular formula is C30H34FN5O4. The molecule has 0 radical (unpaired) electrons. The van der Waals surface area contributed by atoms with Gasteiger partial charge in [-0.05, 0) is 83.4 Å². The van der Waals surface area contributed by atoms with Crippen molar-refractivity contribution in [2.24, 2.45) is 10.8 Å². The lowest BCUT2D eigenvalue weighted by Gasteiger charge is -2.44. The molecule has 1 aromatic carbocycles. The number of amides is 2. The number of hydrogen-bond donors (Lipinski definition) is 2. The van der Waals surface area contributed by atoms with Gasteiger partial charge in [0, 0.05) is 23.1 Å². The molecule has 210 valence electrons. The van der Waals surface area contributed by atoms with Crippen LogP contribution in [0.4, 0.5) is 4.39 Å². The first-order valence-corrected chi connectivity index (χ1v) is 13.3. The molecule has 2 amide bonds. The first-order valence-electron chi connectivity index (χ1n) is 13.3. The van der Waals surface area contributed by atoms with E-state index < -0.39 is 28.3 Å². The van der Waals surface area contributed by atoms with E-state index in [1.165, 1.54) is 24.3 Å². The zero-order valence-electron chi connectivity index (χ0n) is 23.3. The number of aromatic nitrogens is 2. The third-order valence-electron chi connectivity index (χ3n) is 7.78. The van der Waals surface area contributed by atoms with Gasteiger partial charge in [-0.3, -0.25) is 14.4 Å². The van der Waals surface area contributed by atoms with Gasteiger partial charge in [0.2, 0.25) is 5.91 Å². The van der Waals surface area contributed by atoms with E-state index in [4.69, 9.17) is 4.74 Å². The van der Waals surface area contributed by atoms with Crippen LogP contribution in [0, 0.1) is 29.1 Å². The van der Waals surface area contributed by atoms with Crippen LogP contribution in [0.25, 0.3) is 0 Å². The summed E-state index contributed by atoms with van der Waals surface area (Å²) in [5, 5.41) is 18.8. The molecule has 2 N–H and O–H groups in total. The third-order valence-corrected chi connectivity index (χ3v) is 7.78. The van der Waals surface area contributed by atoms with Crippen molar-refractivity contribution < 1.29 is 18.7 Å². The highest BCUT2D eigenvalue weighted by Gasteiger charge is 2.51. The molecule has 10 heteroatoms. The number of ether oxygens (including phenoxy) is 1. The van der Waals surface area contributed by atoms with Crippen molar-refractivity contribution in [3.05, 3.63) is 76.0 Å². The molecule has 1 aromatic heterocycles. The number of nitrogens with one attached hydrogen (secondary N) is 2. The van der Waals surface area contributed by atoms with E-state index in [2.05, 4.69) is 21.6 Å². The first-order chi connectivity index (χ1) is 18.8. The van der Waals surface area contributed by atoms with Gasteiger partial charge in [-0.25, -0.2) is 9.49 Å². The Balaban J connectivity index is 1.51. The van der Waals surface area contributed by atoms with Crippen LogP contribution in [-0.2, 0) is 4.79 Å². The number of hydrogen-bond acceptors (Lipinski definition) is 6. The van der Waals surface area contributed by atoms with Crippen molar-refractivity contribution in [1.82, 2.24) is 20.4 Å². The van der Waals surface area contributed by atoms with E-state index in [0.29, 0.717) is 36.3 Å². The molecule has 1 aliphatic heterocycles. The number of nitrogens with zero attached hydrogens (tertiary/aromatic N) is 3. The molecule has 4 rings (SSSR count). The molecule has 4 atom stereocenters. The Hall–Kier alpha value is -4.26. The Morgan fingerprint density at radius 2 is 2.00 bits per heavy atom. The minimum Gasteiger partial charge on any atom is -0.451 e. The van der Waals surface area contributed by atoms with Crippen molar-refractivity contribution >= 4 is 11.8 Å². The third kappa shape index (κ3) is 5.83. The number of nitriles is 1. The van der Waals surface area contributed by atoms with Gasteiger partial charge in [0.1, 0.15) is 17.6 Å². The second-order valence-corrected chi connectivity index (χ2v) is 11.4. The van der Waals surface area contributed by atoms with E-state index in [1.54, 1.807) is 56.9 Å². The van der Waals surface area contributed by atoms with Gasteiger partial charge in [0.15, 0.2) is 5.75 Å². The molecule has 2 heterocycles. The normalized spacial score (nSPS) is 23.2. The van der Waals surface area contributed by atoms with Crippen molar-refractivity contribution in [2.75, 3.05) is 0 Å². The van der Waals surface area contributed by atoms with Crippen LogP contribution in [-0.4, -0.2) is 45.0 Å². The number of rotatable bonds is 7. The summed E-state index contributed by atoms with van der Waals surface area (Å²) in [7, 11) is 0. The van der Waals surface area contributed by atoms with E-state index in [9.17, 15) is 24.0 Å². The maximum Gasteiger partial charge on any atom is 0.307 e. The SMILES string of the molecule is Cc1cc(Oc2ccc(C(=O)N[C@H](C)C(=O)N3[C@H](C4(C)C=C(F)C=CC4)CC[C@@H]3C(C)(C)C#N)cc2)c(=O)[nH]n1. The summed E-state index contributed by atoms with van der Waals surface area (Å²) >= 11 is 0. The first kappa shape index (κ1) is 28.7. The Morgan fingerprint density at radius 1 is 1.30 bits per heavy atom. The standard InChI is InChI=1S/C30H34FN5O4/c1-18-15-23(27(38)35-34-18)40-22-10-8-20(9-11-22)26(37)33-19(2)28(39)36-24(29(3,4)17-32)12-13-25(36)30(5)14-6-7-21(31)16-30/h6-11,15-16,19,24-25H,12-14H2,1-5H3,(H,33,37)(H,35,38)/t19-,24-,25+,30?/m1/s1. The highest BCUT2D eigenvalue weighted by Crippen LogP contribution is 2.46. The molecule has 1 saturated heterocycles. The number of H-pyrrole nitrogens is 1. The lowest BCUT2D eigenvalue weighted by molar-refractivity contribution is -0.139. The fourth-order valence-electron chi connectivity index (χ4n) is 5.55. The number of benzene rings is 1. The number of likely N-dealkylation sites (tertiary alicyclic amines) is 1. The van der Waals surface area contributed by atoms with Crippen molar-refractivity contribution in [2.45, 2.75) is 72.0 Å². The molecule has 2 aromatic rings. The maximum atomic E-state index is 14.3. The minimum atomic E-state index is -0.893. The predicted octanol–water partition coefficient (Wildman–Crippen LogP) is 4.72. The summed E-state index contributed by atoms with van der Waals surface area (Å²) in [6, 6.07) is 8.40. The van der Waals surface area contributed by atoms with Gasteiger partial charge in [0.25, 0.3) is 5.91 Å². The fourth-order valence-corrected chi connectivity index (χ4v) is 5.55. The van der Waals surface area contributed by atoms with Gasteiger partial charge in [-0.15, -0.1) is 0 Å². The van der Waals surface area contributed by atoms with Crippen LogP contribution in [0.1, 0.15) is 63.0 Å². The molecular weight excluding hydrogens is 513 g/mol. The number of halogens is 1. The van der Waals surface area contributed by atoms with Crippen LogP contribution in [0.15, 0.2) is 59.2 Å². The lowest BCUT2D eigenvalue weighted by Crippen LogP contribution is -2.57. The Morgan fingerprint density at radius 3 is 2.65 bits per heavy atom. The zero-order chi connectivity index (χ0) is 29.2. The lowest BCUT2D eigenvalue weighted by atomic mass is 9.75. The van der Waals surface area contributed by atoms with Crippen LogP contribution in [0.5, 0.6) is 11.5 Å². The molecule has 0 spiro atoms. The summed E-state index contributed by atoms with van der Waals surface area (Å²) in [5.41, 5.74) is -1.06. The Bertz CT molecular complexity index is 1460. The summed E-state index contributed by atoms with van der Waals surface area (Å²) in [6.45, 7) is 8.85. The minimum absolute atomic E-state index is 0.0795. The molecule has 1 fully saturated rings. The average Bonchev–Trinajstić information content (AvgIpc) is 3.38. The van der Waals surface area contributed by atoms with Crippen LogP contribution in [0.3, 0.4) is 0 Å². The van der Waals surface area contributed by atoms with Crippen LogP contribution >= 0.6 is 0 Å². The van der Waals surface area contributed by atoms with Crippen molar-refractivity contribution in [3.8, 4) is 17.6 Å². The van der Waals surface area contributed by atoms with E-state index >= 15 is 0 Å². The largest absolute Gasteiger partial charge is 0.451 e. The smallest absolute Gasteiger partial charge is 0.307 e. The second kappa shape index (κ2) is 11.1. The van der Waals surface area contributed by atoms with Crippen molar-refractivity contribution in [1.29, 1.82) is 5.26 Å². The number of carbonyl (C=O) groups is 2. The Kier molecular flexibility index (Phi) is 7.96. The molecule has 9 nitrogen and oxygen atoms in total. The molecule has 40 heavy (non-hydrogen) atoms. The highest BCUT2D eigenvalue weighted by molar-refractivity contribution is 5.97. The summed E-state index contributed by atoms with van der Waals surface area (Å²) in [4.78, 5) is 40.6. The zero-order valence-corrected chi connectivity index (χ0v) is 23.3. The van der Waals surface area contributed by atoms with E-state index in [0.717, 1.165) is 0 Å². The second-order valence-electron chi connectivity index (χ2n) is 11.4. The number of carbonyl (C=O) groups excluding carboxylic acids is 2. The monoisotopic (exact) mass is 547 g/mol. The van der Waals surface area contributed by atoms with Gasteiger partial charge in [-0.2, -0.15) is 10.4 Å². The van der Waals surface area contributed by atoms with Crippen LogP contribution in [0.2, 0.25) is 0 Å². The van der Waals surface area contributed by atoms with E-state index in [1.807, 2.05) is 6.92 Å². The highest BCUT2D eigenvalue weighted by atomic mass is 19.1. The fraction of sp³-hybridized carbons (Fsp3) is 0.433. The average molecular weight is 548 g/mol. The Labute approximate surface area is 232 Å². The van der Waals surface area contributed by atoms with Gasteiger partial charge >= 0.3 is 5.56 Å². The molecule has 0 bridgehead atoms. The summed E-state index contributed by atoms with van der Waals surface area (Å²) < 4.78 is 19.9. The molecule has 2 aliphatic rings. The topological polar surface area (TPSA) is 128 Å². The molecule has 1 aliphatic carbocycles. The predicted molar refractivity (Wildman–Crippen MR) is 147 cm³/mol. The van der Waals surface area contributed by atoms with Crippen molar-refractivity contribution in [3.63, 3.8) is 0 Å². The summed E-state index contributed by atoms with van der Waals surface area (Å²) in [6.07, 6.45) is 6.55. The number of aryl methyl sites for hydroxylation is 1. The molecule has 0 saturated carbocycles. The van der Waals surface area contributed by atoms with E-state index in [-0.39, 0.29) is 29.6 Å². The van der Waals surface area contributed by atoms with Gasteiger partial charge < -0.3 is 15.0 Å². The summed E-state index contributed by atoms with van der Waals surface area (Å²) in [5.74, 6) is -0.693. The van der Waals surface area contributed by atoms with Crippen LogP contribution < -0.4 is 15.6 Å². The molecule has 1 unspecified atom stereocenters. The van der Waals surface area contributed by atoms with Gasteiger partial charge in [-0.1, -0.05) is 13.0 Å². The van der Waals surface area contributed by atoms with Gasteiger partial charge in [0.05, 0.1) is 23.2 Å². The maximum absolute atomic E-state index is 14.3. The number of allylic oxidation sites excluding steroid dienone is 3. The number of aromatic amines is 1. The quantitative estimate of drug-likeness (QED) is 0.516.